The van der Waals surface area contributed by atoms with Crippen LogP contribution in [0.25, 0.3) is 0 Å². The Morgan fingerprint density at radius 1 is 1.00 bits per heavy atom. The molecule has 0 amide bonds. The van der Waals surface area contributed by atoms with Crippen molar-refractivity contribution >= 4 is 19.4 Å². The smallest absolute Gasteiger partial charge is 0.240 e. The summed E-state index contributed by atoms with van der Waals surface area (Å²) in [6.45, 7) is 6.69. The first kappa shape index (κ1) is 17.4. The topological polar surface area (TPSA) is 42.0 Å². The van der Waals surface area contributed by atoms with Crippen LogP contribution in [-0.2, 0) is 9.16 Å². The highest BCUT2D eigenvalue weighted by atomic mass is 28.3. The van der Waals surface area contributed by atoms with E-state index in [1.165, 1.54) is 10.4 Å². The molecular weight excluding hydrogens is 316 g/mol. The summed E-state index contributed by atoms with van der Waals surface area (Å²) in [6.07, 6.45) is 0.703. The highest BCUT2D eigenvalue weighted by Crippen LogP contribution is 2.41. The Morgan fingerprint density at radius 2 is 1.50 bits per heavy atom. The molecule has 0 saturated carbocycles. The second kappa shape index (κ2) is 6.80. The van der Waals surface area contributed by atoms with Crippen LogP contribution in [0.15, 0.2) is 60.7 Å². The van der Waals surface area contributed by atoms with E-state index in [0.717, 1.165) is 6.42 Å². The Hall–Kier alpha value is -1.46. The highest BCUT2D eigenvalue weighted by molar-refractivity contribution is 6.80. The van der Waals surface area contributed by atoms with E-state index in [1.54, 1.807) is 0 Å². The van der Waals surface area contributed by atoms with Crippen LogP contribution in [0.3, 0.4) is 0 Å². The number of epoxide rings is 1. The summed E-state index contributed by atoms with van der Waals surface area (Å²) in [4.78, 5) is 0. The molecule has 0 aromatic heterocycles. The zero-order chi connectivity index (χ0) is 17.2. The number of aliphatic hydroxyl groups is 1. The van der Waals surface area contributed by atoms with Crippen molar-refractivity contribution in [2.45, 2.75) is 39.1 Å². The molecule has 1 aliphatic heterocycles. The second-order valence-corrected chi connectivity index (χ2v) is 10.2. The Bertz CT molecular complexity index is 614. The minimum absolute atomic E-state index is 0.126. The summed E-state index contributed by atoms with van der Waals surface area (Å²) < 4.78 is 11.8. The molecule has 1 heterocycles. The Labute approximate surface area is 146 Å². The molecule has 2 aromatic carbocycles. The molecule has 0 bridgehead atoms. The number of hydrogen-bond acceptors (Lipinski definition) is 3. The minimum Gasteiger partial charge on any atom is -0.405 e. The first-order chi connectivity index (χ1) is 11.4. The number of hydrogen-bond donors (Lipinski definition) is 1. The van der Waals surface area contributed by atoms with E-state index in [2.05, 4.69) is 45.0 Å². The predicted molar refractivity (Wildman–Crippen MR) is 99.1 cm³/mol. The first-order valence-electron chi connectivity index (χ1n) is 8.49. The van der Waals surface area contributed by atoms with Crippen LogP contribution in [0.2, 0.25) is 0 Å². The molecule has 3 nitrogen and oxygen atoms in total. The molecule has 3 rings (SSSR count). The van der Waals surface area contributed by atoms with Gasteiger partial charge in [-0.25, -0.2) is 0 Å². The van der Waals surface area contributed by atoms with E-state index in [1.807, 2.05) is 36.4 Å². The van der Waals surface area contributed by atoms with Crippen LogP contribution in [0.1, 0.15) is 27.2 Å². The van der Waals surface area contributed by atoms with Gasteiger partial charge in [-0.2, -0.15) is 0 Å². The third-order valence-corrected chi connectivity index (χ3v) is 6.73. The van der Waals surface area contributed by atoms with Gasteiger partial charge in [-0.15, -0.1) is 0 Å². The number of benzene rings is 2. The molecule has 1 aliphatic rings. The van der Waals surface area contributed by atoms with Crippen molar-refractivity contribution in [3.05, 3.63) is 60.7 Å². The van der Waals surface area contributed by atoms with Crippen molar-refractivity contribution in [1.82, 2.24) is 0 Å². The van der Waals surface area contributed by atoms with Gasteiger partial charge in [0, 0.05) is 0 Å². The molecule has 1 fully saturated rings. The molecule has 2 atom stereocenters. The van der Waals surface area contributed by atoms with Crippen molar-refractivity contribution < 1.29 is 14.3 Å². The summed E-state index contributed by atoms with van der Waals surface area (Å²) in [5.41, 5.74) is 0.130. The van der Waals surface area contributed by atoms with E-state index in [9.17, 15) is 5.11 Å². The lowest BCUT2D eigenvalue weighted by molar-refractivity contribution is -0.00454. The van der Waals surface area contributed by atoms with Crippen LogP contribution in [0.5, 0.6) is 0 Å². The third kappa shape index (κ3) is 4.33. The maximum atomic E-state index is 10.6. The molecule has 0 unspecified atom stereocenters. The Balaban J connectivity index is 1.70. The molecule has 0 aliphatic carbocycles. The fourth-order valence-corrected chi connectivity index (χ4v) is 5.26. The fourth-order valence-electron chi connectivity index (χ4n) is 2.94. The van der Waals surface area contributed by atoms with Crippen LogP contribution in [-0.4, -0.2) is 32.6 Å². The Morgan fingerprint density at radius 3 is 1.96 bits per heavy atom. The van der Waals surface area contributed by atoms with Crippen LogP contribution < -0.4 is 10.4 Å². The molecule has 1 N–H and O–H groups in total. The summed E-state index contributed by atoms with van der Waals surface area (Å²) in [7, 11) is -1.83. The maximum absolute atomic E-state index is 10.6. The summed E-state index contributed by atoms with van der Waals surface area (Å²) >= 11 is 0. The van der Waals surface area contributed by atoms with Gasteiger partial charge in [0.2, 0.25) is 14.8 Å². The molecule has 1 saturated heterocycles. The van der Waals surface area contributed by atoms with E-state index in [0.29, 0.717) is 0 Å². The first-order valence-corrected chi connectivity index (χ1v) is 10.1. The number of ether oxygens (including phenoxy) is 1. The van der Waals surface area contributed by atoms with Gasteiger partial charge in [-0.3, -0.25) is 0 Å². The molecule has 4 heteroatoms. The van der Waals surface area contributed by atoms with E-state index >= 15 is 0 Å². The lowest BCUT2D eigenvalue weighted by atomic mass is 9.89. The van der Waals surface area contributed by atoms with Crippen molar-refractivity contribution in [2.75, 3.05) is 6.61 Å². The minimum atomic E-state index is -1.83. The quantitative estimate of drug-likeness (QED) is 0.645. The average Bonchev–Trinajstić information content (AvgIpc) is 3.17. The van der Waals surface area contributed by atoms with E-state index in [-0.39, 0.29) is 18.1 Å². The van der Waals surface area contributed by atoms with Crippen molar-refractivity contribution in [3.8, 4) is 0 Å². The highest BCUT2D eigenvalue weighted by Gasteiger charge is 2.56. The van der Waals surface area contributed by atoms with Gasteiger partial charge in [0.25, 0.3) is 0 Å². The van der Waals surface area contributed by atoms with Crippen molar-refractivity contribution in [1.29, 1.82) is 0 Å². The zero-order valence-electron chi connectivity index (χ0n) is 14.6. The molecule has 24 heavy (non-hydrogen) atoms. The maximum Gasteiger partial charge on any atom is 0.240 e. The van der Waals surface area contributed by atoms with Crippen molar-refractivity contribution in [3.63, 3.8) is 0 Å². The fraction of sp³-hybridized carbons (Fsp3) is 0.400. The van der Waals surface area contributed by atoms with E-state index in [4.69, 9.17) is 9.16 Å². The normalized spacial score (nSPS) is 23.5. The van der Waals surface area contributed by atoms with Crippen molar-refractivity contribution in [2.24, 2.45) is 5.41 Å². The number of rotatable bonds is 6. The summed E-state index contributed by atoms with van der Waals surface area (Å²) in [6, 6.07) is 20.6. The van der Waals surface area contributed by atoms with Gasteiger partial charge in [0.15, 0.2) is 0 Å². The molecule has 2 aromatic rings. The standard InChI is InChI=1S/C20H26O3Si/c1-19(2,3)14-18-20(21,23-18)15-22-24(16-10-6-4-7-11-16)17-12-8-5-9-13-17/h4-13,18,21,24H,14-15H2,1-3H3/t18-,20+/m0/s1. The molecular formula is C20H26O3Si. The average molecular weight is 343 g/mol. The van der Waals surface area contributed by atoms with Gasteiger partial charge in [0.05, 0.1) is 6.61 Å². The summed E-state index contributed by atoms with van der Waals surface area (Å²) in [5.74, 6) is -1.12. The predicted octanol–water partition coefficient (Wildman–Crippen LogP) is 2.06. The van der Waals surface area contributed by atoms with Gasteiger partial charge in [-0.1, -0.05) is 81.4 Å². The van der Waals surface area contributed by atoms with Gasteiger partial charge < -0.3 is 14.3 Å². The molecule has 0 spiro atoms. The van der Waals surface area contributed by atoms with Gasteiger partial charge >= 0.3 is 0 Å². The Kier molecular flexibility index (Phi) is 4.92. The molecule has 0 radical (unpaired) electrons. The largest absolute Gasteiger partial charge is 0.405 e. The summed E-state index contributed by atoms with van der Waals surface area (Å²) in [5, 5.41) is 13.0. The van der Waals surface area contributed by atoms with Gasteiger partial charge in [0.1, 0.15) is 6.10 Å². The molecule has 128 valence electrons. The third-order valence-electron chi connectivity index (χ3n) is 4.25. The van der Waals surface area contributed by atoms with Crippen LogP contribution in [0.4, 0.5) is 0 Å². The van der Waals surface area contributed by atoms with E-state index < -0.39 is 14.8 Å². The van der Waals surface area contributed by atoms with Gasteiger partial charge in [-0.05, 0) is 22.2 Å². The lowest BCUT2D eigenvalue weighted by Gasteiger charge is -2.20. The van der Waals surface area contributed by atoms with Crippen LogP contribution in [0, 0.1) is 5.41 Å². The zero-order valence-corrected chi connectivity index (χ0v) is 15.8. The second-order valence-electron chi connectivity index (χ2n) is 7.73. The SMILES string of the molecule is CC(C)(C)C[C@@H]1O[C@]1(O)CO[SiH](c1ccccc1)c1ccccc1. The monoisotopic (exact) mass is 342 g/mol. The lowest BCUT2D eigenvalue weighted by Crippen LogP contribution is -2.47. The van der Waals surface area contributed by atoms with Crippen LogP contribution >= 0.6 is 0 Å².